The molecule has 0 aromatic heterocycles. The summed E-state index contributed by atoms with van der Waals surface area (Å²) in [7, 11) is 1.26. The van der Waals surface area contributed by atoms with Gasteiger partial charge in [-0.25, -0.2) is 0 Å². The predicted molar refractivity (Wildman–Crippen MR) is 49.6 cm³/mol. The van der Waals surface area contributed by atoms with Gasteiger partial charge in [-0.2, -0.15) is 13.2 Å². The molecule has 0 fully saturated rings. The minimum atomic E-state index is -4.36. The van der Waals surface area contributed by atoms with Crippen molar-refractivity contribution in [1.82, 2.24) is 4.90 Å². The summed E-state index contributed by atoms with van der Waals surface area (Å²) >= 11 is 0. The SMILES string of the molecule is CCOC(=O)CN(C)C(=O)CCC(F)(F)F. The molecule has 0 aromatic rings. The Morgan fingerprint density at radius 3 is 2.31 bits per heavy atom. The average Bonchev–Trinajstić information content (AvgIpc) is 2.13. The van der Waals surface area contributed by atoms with Gasteiger partial charge in [0, 0.05) is 13.5 Å². The molecular weight excluding hydrogens is 227 g/mol. The monoisotopic (exact) mass is 241 g/mol. The molecule has 0 saturated heterocycles. The molecule has 16 heavy (non-hydrogen) atoms. The van der Waals surface area contributed by atoms with Crippen LogP contribution >= 0.6 is 0 Å². The molecule has 0 N–H and O–H groups in total. The average molecular weight is 241 g/mol. The van der Waals surface area contributed by atoms with Gasteiger partial charge in [-0.05, 0) is 6.92 Å². The van der Waals surface area contributed by atoms with Gasteiger partial charge >= 0.3 is 12.1 Å². The Balaban J connectivity index is 3.95. The van der Waals surface area contributed by atoms with E-state index >= 15 is 0 Å². The first-order chi connectivity index (χ1) is 7.26. The van der Waals surface area contributed by atoms with Crippen molar-refractivity contribution < 1.29 is 27.5 Å². The summed E-state index contributed by atoms with van der Waals surface area (Å²) in [5.41, 5.74) is 0. The van der Waals surface area contributed by atoms with Crippen LogP contribution in [0.15, 0.2) is 0 Å². The zero-order valence-electron chi connectivity index (χ0n) is 9.13. The largest absolute Gasteiger partial charge is 0.465 e. The number of hydrogen-bond acceptors (Lipinski definition) is 3. The van der Waals surface area contributed by atoms with Gasteiger partial charge in [0.25, 0.3) is 0 Å². The second kappa shape index (κ2) is 6.34. The summed E-state index contributed by atoms with van der Waals surface area (Å²) in [6, 6.07) is 0. The summed E-state index contributed by atoms with van der Waals surface area (Å²) in [4.78, 5) is 23.0. The number of carbonyl (C=O) groups is 2. The number of rotatable bonds is 5. The minimum absolute atomic E-state index is 0.170. The second-order valence-corrected chi connectivity index (χ2v) is 3.17. The first-order valence-electron chi connectivity index (χ1n) is 4.72. The van der Waals surface area contributed by atoms with Crippen molar-refractivity contribution in [3.63, 3.8) is 0 Å². The van der Waals surface area contributed by atoms with Gasteiger partial charge in [-0.15, -0.1) is 0 Å². The normalized spacial score (nSPS) is 11.1. The van der Waals surface area contributed by atoms with Crippen LogP contribution in [0.2, 0.25) is 0 Å². The highest BCUT2D eigenvalue weighted by Crippen LogP contribution is 2.21. The fourth-order valence-electron chi connectivity index (χ4n) is 0.928. The Morgan fingerprint density at radius 2 is 1.88 bits per heavy atom. The molecule has 0 atom stereocenters. The standard InChI is InChI=1S/C9H14F3NO3/c1-3-16-8(15)6-13(2)7(14)4-5-9(10,11)12/h3-6H2,1-2H3. The lowest BCUT2D eigenvalue weighted by atomic mass is 10.3. The summed E-state index contributed by atoms with van der Waals surface area (Å²) in [6.45, 7) is 1.44. The van der Waals surface area contributed by atoms with E-state index in [-0.39, 0.29) is 13.2 Å². The lowest BCUT2D eigenvalue weighted by Gasteiger charge is -2.16. The Bertz CT molecular complexity index is 253. The van der Waals surface area contributed by atoms with Crippen LogP contribution in [-0.4, -0.2) is 43.2 Å². The third-order valence-electron chi connectivity index (χ3n) is 1.72. The quantitative estimate of drug-likeness (QED) is 0.682. The molecule has 0 bridgehead atoms. The van der Waals surface area contributed by atoms with Crippen LogP contribution in [0.25, 0.3) is 0 Å². The van der Waals surface area contributed by atoms with Crippen LogP contribution in [0, 0.1) is 0 Å². The molecule has 0 heterocycles. The van der Waals surface area contributed by atoms with Crippen molar-refractivity contribution in [3.05, 3.63) is 0 Å². The number of likely N-dealkylation sites (N-methyl/N-ethyl adjacent to an activating group) is 1. The highest BCUT2D eigenvalue weighted by molar-refractivity contribution is 5.81. The van der Waals surface area contributed by atoms with Crippen LogP contribution in [0.4, 0.5) is 13.2 Å². The van der Waals surface area contributed by atoms with Gasteiger partial charge in [0.1, 0.15) is 6.54 Å². The van der Waals surface area contributed by atoms with E-state index in [1.165, 1.54) is 7.05 Å². The highest BCUT2D eigenvalue weighted by Gasteiger charge is 2.28. The van der Waals surface area contributed by atoms with Gasteiger partial charge in [-0.1, -0.05) is 0 Å². The third-order valence-corrected chi connectivity index (χ3v) is 1.72. The van der Waals surface area contributed by atoms with Gasteiger partial charge in [-0.3, -0.25) is 9.59 Å². The lowest BCUT2D eigenvalue weighted by Crippen LogP contribution is -2.33. The Morgan fingerprint density at radius 1 is 1.31 bits per heavy atom. The molecule has 4 nitrogen and oxygen atoms in total. The molecule has 0 rings (SSSR count). The molecule has 94 valence electrons. The number of carbonyl (C=O) groups excluding carboxylic acids is 2. The third kappa shape index (κ3) is 7.08. The minimum Gasteiger partial charge on any atom is -0.465 e. The highest BCUT2D eigenvalue weighted by atomic mass is 19.4. The van der Waals surface area contributed by atoms with E-state index in [0.29, 0.717) is 0 Å². The first-order valence-corrected chi connectivity index (χ1v) is 4.72. The maximum absolute atomic E-state index is 11.8. The van der Waals surface area contributed by atoms with E-state index in [2.05, 4.69) is 4.74 Å². The molecule has 0 aliphatic rings. The lowest BCUT2D eigenvalue weighted by molar-refractivity contribution is -0.152. The fourth-order valence-corrected chi connectivity index (χ4v) is 0.928. The molecule has 0 unspecified atom stereocenters. The summed E-state index contributed by atoms with van der Waals surface area (Å²) < 4.78 is 40.0. The maximum Gasteiger partial charge on any atom is 0.389 e. The number of alkyl halides is 3. The molecule has 1 amide bonds. The topological polar surface area (TPSA) is 46.6 Å². The molecule has 0 aliphatic carbocycles. The van der Waals surface area contributed by atoms with Crippen LogP contribution in [0.5, 0.6) is 0 Å². The number of nitrogens with zero attached hydrogens (tertiary/aromatic N) is 1. The van der Waals surface area contributed by atoms with Crippen molar-refractivity contribution in [2.24, 2.45) is 0 Å². The Hall–Kier alpha value is -1.27. The maximum atomic E-state index is 11.8. The zero-order valence-corrected chi connectivity index (χ0v) is 9.13. The first kappa shape index (κ1) is 14.7. The number of esters is 1. The molecule has 0 aromatic carbocycles. The molecule has 0 radical (unpaired) electrons. The van der Waals surface area contributed by atoms with Crippen molar-refractivity contribution in [3.8, 4) is 0 Å². The van der Waals surface area contributed by atoms with Crippen LogP contribution < -0.4 is 0 Å². The van der Waals surface area contributed by atoms with Gasteiger partial charge in [0.15, 0.2) is 0 Å². The second-order valence-electron chi connectivity index (χ2n) is 3.17. The van der Waals surface area contributed by atoms with E-state index in [9.17, 15) is 22.8 Å². The molecule has 7 heteroatoms. The van der Waals surface area contributed by atoms with E-state index in [4.69, 9.17) is 0 Å². The summed E-state index contributed by atoms with van der Waals surface area (Å²) in [5, 5.41) is 0. The smallest absolute Gasteiger partial charge is 0.389 e. The Kier molecular flexibility index (Phi) is 5.84. The van der Waals surface area contributed by atoms with Crippen LogP contribution in [0.3, 0.4) is 0 Å². The zero-order chi connectivity index (χ0) is 12.8. The van der Waals surface area contributed by atoms with Crippen molar-refractivity contribution in [1.29, 1.82) is 0 Å². The van der Waals surface area contributed by atoms with Crippen LogP contribution in [-0.2, 0) is 14.3 Å². The van der Waals surface area contributed by atoms with Crippen LogP contribution in [0.1, 0.15) is 19.8 Å². The number of amides is 1. The summed E-state index contributed by atoms with van der Waals surface area (Å²) in [6.07, 6.45) is -6.20. The van der Waals surface area contributed by atoms with Crippen molar-refractivity contribution >= 4 is 11.9 Å². The van der Waals surface area contributed by atoms with E-state index < -0.39 is 30.9 Å². The van der Waals surface area contributed by atoms with Gasteiger partial charge < -0.3 is 9.64 Å². The molecule has 0 spiro atoms. The number of halogens is 3. The van der Waals surface area contributed by atoms with Gasteiger partial charge in [0.2, 0.25) is 5.91 Å². The van der Waals surface area contributed by atoms with E-state index in [1.54, 1.807) is 6.92 Å². The summed E-state index contributed by atoms with van der Waals surface area (Å²) in [5.74, 6) is -1.37. The molecule has 0 saturated carbocycles. The number of hydrogen-bond donors (Lipinski definition) is 0. The van der Waals surface area contributed by atoms with Crippen molar-refractivity contribution in [2.45, 2.75) is 25.9 Å². The number of ether oxygens (including phenoxy) is 1. The van der Waals surface area contributed by atoms with Crippen molar-refractivity contribution in [2.75, 3.05) is 20.2 Å². The van der Waals surface area contributed by atoms with E-state index in [1.807, 2.05) is 0 Å². The van der Waals surface area contributed by atoms with Gasteiger partial charge in [0.05, 0.1) is 13.0 Å². The van der Waals surface area contributed by atoms with E-state index in [0.717, 1.165) is 4.90 Å². The fraction of sp³-hybridized carbons (Fsp3) is 0.778. The molecule has 0 aliphatic heterocycles. The molecular formula is C9H14F3NO3. The Labute approximate surface area is 91.4 Å². The predicted octanol–water partition coefficient (Wildman–Crippen LogP) is 1.35.